The van der Waals surface area contributed by atoms with Gasteiger partial charge in [0.1, 0.15) is 12.9 Å². The molecule has 0 spiro atoms. The van der Waals surface area contributed by atoms with Crippen LogP contribution < -0.4 is 10.4 Å². The monoisotopic (exact) mass is 743 g/mol. The van der Waals surface area contributed by atoms with Crippen molar-refractivity contribution in [1.82, 2.24) is 0 Å². The summed E-state index contributed by atoms with van der Waals surface area (Å²) < 4.78 is 39.1. The number of benzene rings is 2. The maximum atomic E-state index is 7.32. The Bertz CT molecular complexity index is 1200. The van der Waals surface area contributed by atoms with Crippen molar-refractivity contribution in [2.45, 2.75) is 180 Å². The molecule has 3 rings (SSSR count). The van der Waals surface area contributed by atoms with E-state index in [1.807, 2.05) is 13.8 Å². The van der Waals surface area contributed by atoms with Crippen LogP contribution in [0.25, 0.3) is 0 Å². The van der Waals surface area contributed by atoms with E-state index in [1.165, 1.54) is 42.5 Å². The van der Waals surface area contributed by atoms with Gasteiger partial charge in [0.25, 0.3) is 8.32 Å². The van der Waals surface area contributed by atoms with Crippen molar-refractivity contribution >= 4 is 27.0 Å². The standard InChI is InChI=1S/C43H74O6Si2/c1-13-14-18-25-35(49-50(11,12)41(2,3)4)26-19-15-20-27-36(45-34-44-10)32-39-40(48-43(8,9)47-39)33-46-51(42(5,6)7,37-28-21-16-22-29-37)38-30-23-17-24-31-38/h16-17,21-24,28-31,35-36,39-40H,13-15,18-20,25-27,32-34H2,1-12H3/t35-,36-,39+,40-/m1/s1. The number of unbranched alkanes of at least 4 members (excludes halogenated alkanes) is 4. The molecule has 290 valence electrons. The van der Waals surface area contributed by atoms with E-state index in [0.29, 0.717) is 12.7 Å². The maximum Gasteiger partial charge on any atom is 0.261 e. The minimum absolute atomic E-state index is 0.00615. The van der Waals surface area contributed by atoms with E-state index in [1.54, 1.807) is 7.11 Å². The topological polar surface area (TPSA) is 55.4 Å². The third-order valence-electron chi connectivity index (χ3n) is 11.0. The van der Waals surface area contributed by atoms with E-state index in [9.17, 15) is 0 Å². The first-order chi connectivity index (χ1) is 24.0. The van der Waals surface area contributed by atoms with Crippen LogP contribution in [0, 0.1) is 0 Å². The molecule has 1 aliphatic heterocycles. The second-order valence-electron chi connectivity index (χ2n) is 17.8. The zero-order valence-corrected chi connectivity index (χ0v) is 36.5. The number of hydrogen-bond acceptors (Lipinski definition) is 6. The molecule has 8 heteroatoms. The van der Waals surface area contributed by atoms with Gasteiger partial charge in [0.05, 0.1) is 18.8 Å². The molecular formula is C43H74O6Si2. The molecule has 0 bridgehead atoms. The van der Waals surface area contributed by atoms with Gasteiger partial charge in [-0.15, -0.1) is 0 Å². The summed E-state index contributed by atoms with van der Waals surface area (Å²) in [5, 5.41) is 2.64. The summed E-state index contributed by atoms with van der Waals surface area (Å²) in [5.41, 5.74) is 0. The van der Waals surface area contributed by atoms with Crippen molar-refractivity contribution in [3.05, 3.63) is 60.7 Å². The third kappa shape index (κ3) is 12.9. The average molecular weight is 743 g/mol. The fraction of sp³-hybridized carbons (Fsp3) is 0.721. The summed E-state index contributed by atoms with van der Waals surface area (Å²) in [5.74, 6) is -0.702. The van der Waals surface area contributed by atoms with E-state index in [2.05, 4.69) is 122 Å². The van der Waals surface area contributed by atoms with Gasteiger partial charge in [-0.05, 0) is 66.7 Å². The molecule has 0 N–H and O–H groups in total. The second kappa shape index (κ2) is 19.8. The molecule has 51 heavy (non-hydrogen) atoms. The van der Waals surface area contributed by atoms with Crippen molar-refractivity contribution in [3.8, 4) is 0 Å². The minimum atomic E-state index is -2.72. The largest absolute Gasteiger partial charge is 0.414 e. The van der Waals surface area contributed by atoms with Crippen LogP contribution in [0.1, 0.15) is 127 Å². The van der Waals surface area contributed by atoms with Crippen LogP contribution in [0.5, 0.6) is 0 Å². The molecule has 1 heterocycles. The Morgan fingerprint density at radius 1 is 0.706 bits per heavy atom. The molecular weight excluding hydrogens is 669 g/mol. The van der Waals surface area contributed by atoms with Crippen LogP contribution in [-0.4, -0.2) is 67.3 Å². The van der Waals surface area contributed by atoms with Crippen LogP contribution in [0.3, 0.4) is 0 Å². The molecule has 2 aromatic rings. The molecule has 1 saturated heterocycles. The van der Waals surface area contributed by atoms with Crippen molar-refractivity contribution in [2.75, 3.05) is 20.5 Å². The van der Waals surface area contributed by atoms with E-state index in [-0.39, 0.29) is 35.2 Å². The Balaban J connectivity index is 1.69. The van der Waals surface area contributed by atoms with Crippen LogP contribution >= 0.6 is 0 Å². The summed E-state index contributed by atoms with van der Waals surface area (Å²) >= 11 is 0. The SMILES string of the molecule is CCCCC[C@H](CCCCC[C@H](C[C@@H]1OC(C)(C)O[C@@H]1CO[Si](c1ccccc1)(c1ccccc1)C(C)(C)C)OCOC)O[Si](C)(C)C(C)(C)C. The molecule has 1 fully saturated rings. The molecule has 0 amide bonds. The summed E-state index contributed by atoms with van der Waals surface area (Å²) in [6.07, 6.45) is 11.2. The average Bonchev–Trinajstić information content (AvgIpc) is 3.35. The maximum absolute atomic E-state index is 7.32. The molecule has 0 unspecified atom stereocenters. The number of rotatable bonds is 22. The number of methoxy groups -OCH3 is 1. The van der Waals surface area contributed by atoms with Gasteiger partial charge in [-0.1, -0.05) is 148 Å². The highest BCUT2D eigenvalue weighted by atomic mass is 28.4. The quantitative estimate of drug-likeness (QED) is 0.0680. The van der Waals surface area contributed by atoms with Gasteiger partial charge < -0.3 is 27.8 Å². The highest BCUT2D eigenvalue weighted by Gasteiger charge is 2.52. The summed E-state index contributed by atoms with van der Waals surface area (Å²) in [6, 6.07) is 21.6. The van der Waals surface area contributed by atoms with Gasteiger partial charge >= 0.3 is 0 Å². The molecule has 0 saturated carbocycles. The van der Waals surface area contributed by atoms with Crippen molar-refractivity contribution in [1.29, 1.82) is 0 Å². The predicted octanol–water partition coefficient (Wildman–Crippen LogP) is 10.4. The molecule has 0 aliphatic carbocycles. The Hall–Kier alpha value is -1.37. The number of hydrogen-bond donors (Lipinski definition) is 0. The molecule has 1 aliphatic rings. The van der Waals surface area contributed by atoms with Gasteiger partial charge in [0.15, 0.2) is 14.1 Å². The first-order valence-corrected chi connectivity index (χ1v) is 24.7. The highest BCUT2D eigenvalue weighted by molar-refractivity contribution is 6.99. The lowest BCUT2D eigenvalue weighted by Crippen LogP contribution is -2.67. The fourth-order valence-electron chi connectivity index (χ4n) is 7.31. The van der Waals surface area contributed by atoms with E-state index < -0.39 is 22.4 Å². The lowest BCUT2D eigenvalue weighted by atomic mass is 10.00. The second-order valence-corrected chi connectivity index (χ2v) is 26.8. The lowest BCUT2D eigenvalue weighted by Gasteiger charge is -2.43. The zero-order chi connectivity index (χ0) is 37.8. The van der Waals surface area contributed by atoms with Gasteiger partial charge in [0, 0.05) is 19.6 Å². The van der Waals surface area contributed by atoms with Gasteiger partial charge in [-0.3, -0.25) is 0 Å². The van der Waals surface area contributed by atoms with E-state index in [0.717, 1.165) is 32.1 Å². The van der Waals surface area contributed by atoms with Crippen molar-refractivity contribution < 1.29 is 27.8 Å². The molecule has 4 atom stereocenters. The van der Waals surface area contributed by atoms with Crippen LogP contribution in [-0.2, 0) is 27.8 Å². The van der Waals surface area contributed by atoms with Crippen molar-refractivity contribution in [2.24, 2.45) is 0 Å². The molecule has 0 radical (unpaired) electrons. The van der Waals surface area contributed by atoms with Gasteiger partial charge in [0.2, 0.25) is 0 Å². The number of ether oxygens (including phenoxy) is 4. The first-order valence-electron chi connectivity index (χ1n) is 19.8. The zero-order valence-electron chi connectivity index (χ0n) is 34.5. The lowest BCUT2D eigenvalue weighted by molar-refractivity contribution is -0.153. The minimum Gasteiger partial charge on any atom is -0.414 e. The molecule has 6 nitrogen and oxygen atoms in total. The Morgan fingerprint density at radius 3 is 1.71 bits per heavy atom. The third-order valence-corrected chi connectivity index (χ3v) is 20.6. The summed E-state index contributed by atoms with van der Waals surface area (Å²) in [7, 11) is -2.84. The van der Waals surface area contributed by atoms with Crippen molar-refractivity contribution in [3.63, 3.8) is 0 Å². The summed E-state index contributed by atoms with van der Waals surface area (Å²) in [6.45, 7) is 25.8. The Labute approximate surface area is 314 Å². The molecule has 2 aromatic carbocycles. The normalized spacial score (nSPS) is 19.7. The molecule has 0 aromatic heterocycles. The van der Waals surface area contributed by atoms with Crippen LogP contribution in [0.2, 0.25) is 23.2 Å². The van der Waals surface area contributed by atoms with Gasteiger partial charge in [-0.25, -0.2) is 0 Å². The van der Waals surface area contributed by atoms with E-state index >= 15 is 0 Å². The fourth-order valence-corrected chi connectivity index (χ4v) is 13.3. The smallest absolute Gasteiger partial charge is 0.261 e. The highest BCUT2D eigenvalue weighted by Crippen LogP contribution is 2.40. The predicted molar refractivity (Wildman–Crippen MR) is 218 cm³/mol. The van der Waals surface area contributed by atoms with Crippen LogP contribution in [0.4, 0.5) is 0 Å². The summed E-state index contributed by atoms with van der Waals surface area (Å²) in [4.78, 5) is 0. The Kier molecular flexibility index (Phi) is 17.1. The Morgan fingerprint density at radius 2 is 1.22 bits per heavy atom. The first kappa shape index (κ1) is 44.0. The van der Waals surface area contributed by atoms with E-state index in [4.69, 9.17) is 27.8 Å². The van der Waals surface area contributed by atoms with Crippen LogP contribution in [0.15, 0.2) is 60.7 Å². The van der Waals surface area contributed by atoms with Gasteiger partial charge in [-0.2, -0.15) is 0 Å².